The Kier molecular flexibility index (Phi) is 5.90. The van der Waals surface area contributed by atoms with Crippen LogP contribution in [0.15, 0.2) is 42.9 Å². The van der Waals surface area contributed by atoms with Crippen molar-refractivity contribution in [3.05, 3.63) is 48.4 Å². The van der Waals surface area contributed by atoms with Crippen molar-refractivity contribution in [3.63, 3.8) is 0 Å². The molecule has 186 valence electrons. The van der Waals surface area contributed by atoms with Gasteiger partial charge in [-0.05, 0) is 62.8 Å². The molecule has 2 fully saturated rings. The van der Waals surface area contributed by atoms with E-state index >= 15 is 0 Å². The summed E-state index contributed by atoms with van der Waals surface area (Å²) in [7, 11) is 2.08. The van der Waals surface area contributed by atoms with Crippen LogP contribution in [0.25, 0.3) is 27.7 Å². The highest BCUT2D eigenvalue weighted by Gasteiger charge is 2.24. The number of H-pyrrole nitrogens is 1. The summed E-state index contributed by atoms with van der Waals surface area (Å²) in [5.74, 6) is 0.570. The number of nitrogens with zero attached hydrogens (tertiary/aromatic N) is 5. The molecule has 6 heterocycles. The lowest BCUT2D eigenvalue weighted by atomic mass is 9.96. The maximum absolute atomic E-state index is 13.1. The lowest BCUT2D eigenvalue weighted by Gasteiger charge is -2.27. The van der Waals surface area contributed by atoms with Crippen LogP contribution in [0.4, 0.5) is 5.82 Å². The van der Waals surface area contributed by atoms with E-state index in [1.807, 2.05) is 41.6 Å². The molecule has 36 heavy (non-hydrogen) atoms. The van der Waals surface area contributed by atoms with Crippen molar-refractivity contribution in [1.29, 1.82) is 0 Å². The average Bonchev–Trinajstić information content (AvgIpc) is 3.52. The quantitative estimate of drug-likeness (QED) is 0.458. The molecule has 0 atom stereocenters. The van der Waals surface area contributed by atoms with Crippen molar-refractivity contribution in [2.45, 2.75) is 12.8 Å². The van der Waals surface area contributed by atoms with E-state index in [0.717, 1.165) is 48.0 Å². The van der Waals surface area contributed by atoms with Crippen LogP contribution in [0.5, 0.6) is 0 Å². The lowest BCUT2D eigenvalue weighted by molar-refractivity contribution is -0.121. The molecule has 0 unspecified atom stereocenters. The van der Waals surface area contributed by atoms with Crippen LogP contribution in [0.2, 0.25) is 0 Å². The van der Waals surface area contributed by atoms with Crippen LogP contribution in [-0.2, 0) is 9.53 Å². The molecule has 10 nitrogen and oxygen atoms in total. The molecule has 4 aromatic rings. The van der Waals surface area contributed by atoms with Crippen molar-refractivity contribution in [2.24, 2.45) is 5.92 Å². The Morgan fingerprint density at radius 1 is 1.11 bits per heavy atom. The monoisotopic (exact) mass is 487 g/mol. The molecular weight excluding hydrogens is 458 g/mol. The Balaban J connectivity index is 1.25. The zero-order valence-corrected chi connectivity index (χ0v) is 20.2. The highest BCUT2D eigenvalue weighted by atomic mass is 16.5. The maximum Gasteiger partial charge on any atom is 0.257 e. The Morgan fingerprint density at radius 2 is 1.92 bits per heavy atom. The number of pyridine rings is 2. The fourth-order valence-electron chi connectivity index (χ4n) is 5.06. The third kappa shape index (κ3) is 4.22. The first-order chi connectivity index (χ1) is 17.6. The van der Waals surface area contributed by atoms with Gasteiger partial charge in [0.15, 0.2) is 0 Å². The minimum atomic E-state index is -0.0314. The summed E-state index contributed by atoms with van der Waals surface area (Å²) in [6.45, 7) is 4.15. The third-order valence-corrected chi connectivity index (χ3v) is 7.24. The number of likely N-dealkylation sites (tertiary alicyclic amines) is 1. The average molecular weight is 488 g/mol. The predicted molar refractivity (Wildman–Crippen MR) is 136 cm³/mol. The van der Waals surface area contributed by atoms with Crippen LogP contribution in [0, 0.1) is 5.92 Å². The van der Waals surface area contributed by atoms with Crippen molar-refractivity contribution in [2.75, 3.05) is 51.8 Å². The number of aromatic amines is 1. The smallest absolute Gasteiger partial charge is 0.257 e. The van der Waals surface area contributed by atoms with E-state index in [0.29, 0.717) is 43.3 Å². The standard InChI is InChI=1S/C26H29N7O3/c1-31-7-4-17(5-8-31)25(34)30-23-3-2-19-20(15-27-24(19)29-23)18-6-9-33-22(14-18)21(16-28-33)26(35)32-10-12-36-13-11-32/h2-3,6,9,14-17H,4-5,7-8,10-13H2,1H3,(H2,27,29,30,34). The largest absolute Gasteiger partial charge is 0.378 e. The predicted octanol–water partition coefficient (Wildman–Crippen LogP) is 2.63. The second-order valence-corrected chi connectivity index (χ2v) is 9.57. The molecule has 2 aliphatic heterocycles. The number of carbonyl (C=O) groups is 2. The summed E-state index contributed by atoms with van der Waals surface area (Å²) >= 11 is 0. The van der Waals surface area contributed by atoms with E-state index in [-0.39, 0.29) is 17.7 Å². The van der Waals surface area contributed by atoms with Crippen LogP contribution < -0.4 is 5.32 Å². The first-order valence-electron chi connectivity index (χ1n) is 12.4. The van der Waals surface area contributed by atoms with E-state index in [1.54, 1.807) is 10.7 Å². The maximum atomic E-state index is 13.1. The normalized spacial score (nSPS) is 17.6. The molecule has 0 radical (unpaired) electrons. The first kappa shape index (κ1) is 22.7. The van der Waals surface area contributed by atoms with E-state index in [2.05, 4.69) is 32.3 Å². The molecule has 0 saturated carbocycles. The number of carbonyl (C=O) groups excluding carboxylic acids is 2. The van der Waals surface area contributed by atoms with Crippen LogP contribution in [0.1, 0.15) is 23.2 Å². The molecule has 0 aliphatic carbocycles. The van der Waals surface area contributed by atoms with Crippen molar-refractivity contribution in [1.82, 2.24) is 29.4 Å². The number of nitrogens with one attached hydrogen (secondary N) is 2. The van der Waals surface area contributed by atoms with Gasteiger partial charge in [0.1, 0.15) is 11.5 Å². The minimum absolute atomic E-state index is 0.0228. The highest BCUT2D eigenvalue weighted by molar-refractivity contribution is 6.02. The van der Waals surface area contributed by atoms with Gasteiger partial charge >= 0.3 is 0 Å². The molecule has 4 aromatic heterocycles. The molecule has 2 amide bonds. The Bertz CT molecular complexity index is 1430. The topological polar surface area (TPSA) is 108 Å². The summed E-state index contributed by atoms with van der Waals surface area (Å²) < 4.78 is 7.10. The van der Waals surface area contributed by atoms with Crippen molar-refractivity contribution >= 4 is 34.2 Å². The molecule has 0 aromatic carbocycles. The highest BCUT2D eigenvalue weighted by Crippen LogP contribution is 2.30. The SMILES string of the molecule is CN1CCC(C(=O)Nc2ccc3c(-c4ccn5ncc(C(=O)N6CCOCC6)c5c4)c[nH]c3n2)CC1. The Morgan fingerprint density at radius 3 is 2.72 bits per heavy atom. The molecule has 2 N–H and O–H groups in total. The number of morpholine rings is 1. The Hall–Kier alpha value is -3.76. The molecule has 10 heteroatoms. The van der Waals surface area contributed by atoms with Gasteiger partial charge in [0, 0.05) is 42.4 Å². The first-order valence-corrected chi connectivity index (χ1v) is 12.4. The zero-order chi connectivity index (χ0) is 24.6. The van der Waals surface area contributed by atoms with Crippen molar-refractivity contribution in [3.8, 4) is 11.1 Å². The zero-order valence-electron chi connectivity index (χ0n) is 20.2. The summed E-state index contributed by atoms with van der Waals surface area (Å²) in [6, 6.07) is 7.77. The summed E-state index contributed by atoms with van der Waals surface area (Å²) in [5.41, 5.74) is 3.96. The second-order valence-electron chi connectivity index (χ2n) is 9.57. The third-order valence-electron chi connectivity index (χ3n) is 7.24. The molecule has 0 spiro atoms. The summed E-state index contributed by atoms with van der Waals surface area (Å²) in [5, 5.41) is 8.31. The number of anilines is 1. The van der Waals surface area contributed by atoms with Gasteiger partial charge in [0.2, 0.25) is 5.91 Å². The molecule has 6 rings (SSSR count). The van der Waals surface area contributed by atoms with Gasteiger partial charge in [-0.2, -0.15) is 5.10 Å². The molecule has 0 bridgehead atoms. The number of fused-ring (bicyclic) bond motifs is 2. The van der Waals surface area contributed by atoms with E-state index < -0.39 is 0 Å². The Labute approximate surface area is 208 Å². The van der Waals surface area contributed by atoms with Crippen molar-refractivity contribution < 1.29 is 14.3 Å². The number of piperidine rings is 1. The number of hydrogen-bond donors (Lipinski definition) is 2. The fraction of sp³-hybridized carbons (Fsp3) is 0.385. The number of aromatic nitrogens is 4. The lowest BCUT2D eigenvalue weighted by Crippen LogP contribution is -2.40. The molecule has 2 aliphatic rings. The number of ether oxygens (including phenoxy) is 1. The fourth-order valence-corrected chi connectivity index (χ4v) is 5.06. The number of rotatable bonds is 4. The van der Waals surface area contributed by atoms with Gasteiger partial charge in [-0.15, -0.1) is 0 Å². The van der Waals surface area contributed by atoms with Gasteiger partial charge in [-0.25, -0.2) is 9.50 Å². The van der Waals surface area contributed by atoms with Gasteiger partial charge in [-0.1, -0.05) is 0 Å². The minimum Gasteiger partial charge on any atom is -0.378 e. The molecular formula is C26H29N7O3. The van der Waals surface area contributed by atoms with Gasteiger partial charge in [0.05, 0.1) is 30.5 Å². The van der Waals surface area contributed by atoms with Gasteiger partial charge in [-0.3, -0.25) is 9.59 Å². The summed E-state index contributed by atoms with van der Waals surface area (Å²) in [4.78, 5) is 37.8. The van der Waals surface area contributed by atoms with Crippen LogP contribution >= 0.6 is 0 Å². The summed E-state index contributed by atoms with van der Waals surface area (Å²) in [6.07, 6.45) is 7.14. The van der Waals surface area contributed by atoms with Gasteiger partial charge in [0.25, 0.3) is 5.91 Å². The van der Waals surface area contributed by atoms with Crippen LogP contribution in [-0.4, -0.2) is 87.6 Å². The van der Waals surface area contributed by atoms with E-state index in [9.17, 15) is 9.59 Å². The van der Waals surface area contributed by atoms with E-state index in [4.69, 9.17) is 4.74 Å². The second kappa shape index (κ2) is 9.36. The molecule has 2 saturated heterocycles. The van der Waals surface area contributed by atoms with Crippen LogP contribution in [0.3, 0.4) is 0 Å². The van der Waals surface area contributed by atoms with Gasteiger partial charge < -0.3 is 24.8 Å². The number of amides is 2. The van der Waals surface area contributed by atoms with E-state index in [1.165, 1.54) is 0 Å². The number of hydrogen-bond acceptors (Lipinski definition) is 6.